The molecule has 0 radical (unpaired) electrons. The summed E-state index contributed by atoms with van der Waals surface area (Å²) >= 11 is 5.99. The van der Waals surface area contributed by atoms with Crippen LogP contribution in [0.1, 0.15) is 11.1 Å². The molecule has 0 saturated carbocycles. The van der Waals surface area contributed by atoms with Crippen LogP contribution < -0.4 is 4.90 Å². The van der Waals surface area contributed by atoms with E-state index in [-0.39, 0.29) is 15.8 Å². The minimum atomic E-state index is -3.92. The first-order valence-electron chi connectivity index (χ1n) is 11.5. The molecule has 1 saturated heterocycles. The van der Waals surface area contributed by atoms with Crippen molar-refractivity contribution in [3.63, 3.8) is 0 Å². The van der Waals surface area contributed by atoms with Crippen molar-refractivity contribution in [1.29, 1.82) is 0 Å². The van der Waals surface area contributed by atoms with E-state index in [1.807, 2.05) is 54.3 Å². The molecule has 4 aromatic rings. The first kappa shape index (κ1) is 23.6. The van der Waals surface area contributed by atoms with Crippen LogP contribution in [-0.2, 0) is 16.4 Å². The number of anilines is 1. The van der Waals surface area contributed by atoms with E-state index in [0.717, 1.165) is 30.8 Å². The average molecular weight is 508 g/mol. The number of oxazole rings is 1. The van der Waals surface area contributed by atoms with Gasteiger partial charge in [0.2, 0.25) is 26.6 Å². The molecule has 0 atom stereocenters. The second-order valence-corrected chi connectivity index (χ2v) is 11.0. The van der Waals surface area contributed by atoms with Crippen molar-refractivity contribution in [2.45, 2.75) is 23.4 Å². The summed E-state index contributed by atoms with van der Waals surface area (Å²) in [7, 11) is -3.92. The second kappa shape index (κ2) is 9.85. The third-order valence-corrected chi connectivity index (χ3v) is 8.16. The molecule has 1 aromatic heterocycles. The third-order valence-electron chi connectivity index (χ3n) is 6.24. The minimum Gasteiger partial charge on any atom is -0.419 e. The molecule has 0 spiro atoms. The zero-order valence-electron chi connectivity index (χ0n) is 19.4. The molecular weight excluding hydrogens is 482 g/mol. The van der Waals surface area contributed by atoms with Gasteiger partial charge in [0.15, 0.2) is 0 Å². The van der Waals surface area contributed by atoms with Gasteiger partial charge < -0.3 is 9.32 Å². The van der Waals surface area contributed by atoms with Crippen molar-refractivity contribution >= 4 is 27.3 Å². The van der Waals surface area contributed by atoms with Gasteiger partial charge in [-0.05, 0) is 48.4 Å². The standard InChI is InChI=1S/C27H26ClN3O3S/c1-20-7-5-6-10-24(20)25-29-26(35(32,33)23-13-11-22(28)12-14-23)27(34-25)31-17-15-30(16-18-31)19-21-8-3-2-4-9-21/h2-14H,15-19H2,1H3. The fourth-order valence-corrected chi connectivity index (χ4v) is 5.72. The van der Waals surface area contributed by atoms with Gasteiger partial charge in [0.05, 0.1) is 4.90 Å². The molecule has 6 nitrogen and oxygen atoms in total. The summed E-state index contributed by atoms with van der Waals surface area (Å²) in [6.45, 7) is 5.66. The van der Waals surface area contributed by atoms with Crippen LogP contribution in [0.15, 0.2) is 93.2 Å². The highest BCUT2D eigenvalue weighted by Gasteiger charge is 2.33. The highest BCUT2D eigenvalue weighted by Crippen LogP contribution is 2.36. The molecular formula is C27H26ClN3O3S. The van der Waals surface area contributed by atoms with Gasteiger partial charge in [-0.25, -0.2) is 8.42 Å². The van der Waals surface area contributed by atoms with Crippen LogP contribution in [0.4, 0.5) is 5.88 Å². The van der Waals surface area contributed by atoms with Crippen molar-refractivity contribution in [3.8, 4) is 11.5 Å². The molecule has 1 aliphatic heterocycles. The van der Waals surface area contributed by atoms with Crippen LogP contribution >= 0.6 is 11.6 Å². The third kappa shape index (κ3) is 4.98. The Bertz CT molecular complexity index is 1410. The Morgan fingerprint density at radius 1 is 0.886 bits per heavy atom. The predicted molar refractivity (Wildman–Crippen MR) is 138 cm³/mol. The highest BCUT2D eigenvalue weighted by molar-refractivity contribution is 7.91. The first-order chi connectivity index (χ1) is 16.9. The minimum absolute atomic E-state index is 0.0606. The van der Waals surface area contributed by atoms with Gasteiger partial charge in [-0.15, -0.1) is 0 Å². The molecule has 5 rings (SSSR count). The quantitative estimate of drug-likeness (QED) is 0.345. The summed E-state index contributed by atoms with van der Waals surface area (Å²) in [6.07, 6.45) is 0. The Balaban J connectivity index is 1.48. The Kier molecular flexibility index (Phi) is 6.65. The number of aryl methyl sites for hydroxylation is 1. The number of aromatic nitrogens is 1. The van der Waals surface area contributed by atoms with E-state index in [2.05, 4.69) is 22.0 Å². The number of hydrogen-bond acceptors (Lipinski definition) is 6. The fourth-order valence-electron chi connectivity index (χ4n) is 4.28. The summed E-state index contributed by atoms with van der Waals surface area (Å²) in [5, 5.41) is 0.411. The van der Waals surface area contributed by atoms with Gasteiger partial charge in [-0.2, -0.15) is 4.98 Å². The van der Waals surface area contributed by atoms with Gasteiger partial charge in [0.25, 0.3) is 0 Å². The van der Waals surface area contributed by atoms with Crippen LogP contribution in [0.25, 0.3) is 11.5 Å². The normalized spacial score (nSPS) is 14.9. The summed E-state index contributed by atoms with van der Waals surface area (Å²) in [5.74, 6) is 0.593. The molecule has 0 aliphatic carbocycles. The van der Waals surface area contributed by atoms with Crippen molar-refractivity contribution in [2.24, 2.45) is 0 Å². The Hall–Kier alpha value is -3.13. The molecule has 35 heavy (non-hydrogen) atoms. The van der Waals surface area contributed by atoms with E-state index >= 15 is 0 Å². The van der Waals surface area contributed by atoms with Gasteiger partial charge >= 0.3 is 0 Å². The Labute approximate surface area is 210 Å². The number of rotatable bonds is 6. The smallest absolute Gasteiger partial charge is 0.236 e. The maximum Gasteiger partial charge on any atom is 0.236 e. The van der Waals surface area contributed by atoms with E-state index in [1.54, 1.807) is 12.1 Å². The van der Waals surface area contributed by atoms with E-state index < -0.39 is 9.84 Å². The number of halogens is 1. The maximum absolute atomic E-state index is 13.6. The summed E-state index contributed by atoms with van der Waals surface area (Å²) in [6, 6.07) is 24.1. The molecule has 180 valence electrons. The molecule has 0 amide bonds. The molecule has 0 unspecified atom stereocenters. The zero-order chi connectivity index (χ0) is 24.4. The number of nitrogens with zero attached hydrogens (tertiary/aromatic N) is 3. The van der Waals surface area contributed by atoms with Gasteiger partial charge in [0, 0.05) is 43.3 Å². The number of benzene rings is 3. The number of hydrogen-bond donors (Lipinski definition) is 0. The predicted octanol–water partition coefficient (Wildman–Crippen LogP) is 5.46. The van der Waals surface area contributed by atoms with Crippen LogP contribution in [0.5, 0.6) is 0 Å². The van der Waals surface area contributed by atoms with Crippen molar-refractivity contribution < 1.29 is 12.8 Å². The fraction of sp³-hybridized carbons (Fsp3) is 0.222. The lowest BCUT2D eigenvalue weighted by molar-refractivity contribution is 0.245. The average Bonchev–Trinajstić information content (AvgIpc) is 3.32. The lowest BCUT2D eigenvalue weighted by Gasteiger charge is -2.34. The lowest BCUT2D eigenvalue weighted by Crippen LogP contribution is -2.46. The lowest BCUT2D eigenvalue weighted by atomic mass is 10.1. The zero-order valence-corrected chi connectivity index (χ0v) is 21.0. The second-order valence-electron chi connectivity index (χ2n) is 8.65. The molecule has 2 heterocycles. The van der Waals surface area contributed by atoms with E-state index in [9.17, 15) is 8.42 Å². The maximum atomic E-state index is 13.6. The monoisotopic (exact) mass is 507 g/mol. The van der Waals surface area contributed by atoms with E-state index in [4.69, 9.17) is 16.0 Å². The number of sulfone groups is 1. The van der Waals surface area contributed by atoms with E-state index in [0.29, 0.717) is 24.0 Å². The summed E-state index contributed by atoms with van der Waals surface area (Å²) < 4.78 is 33.5. The van der Waals surface area contributed by atoms with Crippen LogP contribution in [-0.4, -0.2) is 44.5 Å². The van der Waals surface area contributed by atoms with Crippen LogP contribution in [0.2, 0.25) is 5.02 Å². The molecule has 1 fully saturated rings. The number of piperazine rings is 1. The first-order valence-corrected chi connectivity index (χ1v) is 13.4. The molecule has 8 heteroatoms. The van der Waals surface area contributed by atoms with Gasteiger partial charge in [0.1, 0.15) is 0 Å². The van der Waals surface area contributed by atoms with Crippen molar-refractivity contribution in [2.75, 3.05) is 31.1 Å². The largest absolute Gasteiger partial charge is 0.419 e. The molecule has 0 N–H and O–H groups in total. The molecule has 3 aromatic carbocycles. The van der Waals surface area contributed by atoms with Crippen molar-refractivity contribution in [3.05, 3.63) is 95.0 Å². The molecule has 1 aliphatic rings. The van der Waals surface area contributed by atoms with Crippen molar-refractivity contribution in [1.82, 2.24) is 9.88 Å². The van der Waals surface area contributed by atoms with Gasteiger partial charge in [-0.3, -0.25) is 4.90 Å². The summed E-state index contributed by atoms with van der Waals surface area (Å²) in [4.78, 5) is 9.01. The van der Waals surface area contributed by atoms with E-state index in [1.165, 1.54) is 17.7 Å². The van der Waals surface area contributed by atoms with Gasteiger partial charge in [-0.1, -0.05) is 60.1 Å². The SMILES string of the molecule is Cc1ccccc1-c1nc(S(=O)(=O)c2ccc(Cl)cc2)c(N2CCN(Cc3ccccc3)CC2)o1. The molecule has 0 bridgehead atoms. The Morgan fingerprint density at radius 3 is 2.23 bits per heavy atom. The van der Waals surface area contributed by atoms with Crippen LogP contribution in [0, 0.1) is 6.92 Å². The summed E-state index contributed by atoms with van der Waals surface area (Å²) in [5.41, 5.74) is 2.99. The Morgan fingerprint density at radius 2 is 1.54 bits per heavy atom. The highest BCUT2D eigenvalue weighted by atomic mass is 35.5. The van der Waals surface area contributed by atoms with Crippen LogP contribution in [0.3, 0.4) is 0 Å². The topological polar surface area (TPSA) is 66.7 Å².